The number of hydrogen-bond donors (Lipinski definition) is 3. The number of aliphatic hydroxyl groups excluding tert-OH is 1. The molecule has 0 aromatic carbocycles. The Morgan fingerprint density at radius 1 is 1.38 bits per heavy atom. The first kappa shape index (κ1) is 14.8. The van der Waals surface area contributed by atoms with Gasteiger partial charge in [-0.2, -0.15) is 0 Å². The maximum atomic E-state index is 11.2. The number of hydrogen-bond acceptors (Lipinski definition) is 5. The summed E-state index contributed by atoms with van der Waals surface area (Å²) in [5, 5.41) is 19.9. The van der Waals surface area contributed by atoms with Crippen LogP contribution in [0.1, 0.15) is 6.92 Å². The van der Waals surface area contributed by atoms with Crippen molar-refractivity contribution in [2.24, 2.45) is 0 Å². The highest BCUT2D eigenvalue weighted by Crippen LogP contribution is 1.93. The van der Waals surface area contributed by atoms with Crippen LogP contribution in [-0.4, -0.2) is 61.2 Å². The molecular formula is C9H17NO6. The van der Waals surface area contributed by atoms with E-state index in [-0.39, 0.29) is 13.2 Å². The number of carboxylic acids is 1. The third-order valence-electron chi connectivity index (χ3n) is 1.73. The van der Waals surface area contributed by atoms with E-state index in [2.05, 4.69) is 5.32 Å². The summed E-state index contributed by atoms with van der Waals surface area (Å²) in [6.45, 7) is 1.62. The largest absolute Gasteiger partial charge is 0.480 e. The molecule has 0 aromatic heterocycles. The minimum Gasteiger partial charge on any atom is -0.480 e. The average molecular weight is 235 g/mol. The maximum Gasteiger partial charge on any atom is 0.328 e. The van der Waals surface area contributed by atoms with Gasteiger partial charge in [-0.1, -0.05) is 0 Å². The molecule has 0 aliphatic rings. The Morgan fingerprint density at radius 2 is 2.00 bits per heavy atom. The molecule has 0 radical (unpaired) electrons. The van der Waals surface area contributed by atoms with Crippen LogP contribution in [0.5, 0.6) is 0 Å². The highest BCUT2D eigenvalue weighted by atomic mass is 16.5. The Labute approximate surface area is 93.3 Å². The molecule has 16 heavy (non-hydrogen) atoms. The highest BCUT2D eigenvalue weighted by Gasteiger charge is 2.24. The second-order valence-electron chi connectivity index (χ2n) is 3.17. The number of ether oxygens (including phenoxy) is 2. The van der Waals surface area contributed by atoms with Crippen LogP contribution >= 0.6 is 0 Å². The zero-order valence-corrected chi connectivity index (χ0v) is 9.30. The van der Waals surface area contributed by atoms with Crippen molar-refractivity contribution >= 4 is 11.9 Å². The number of aliphatic hydroxyl groups is 1. The third kappa shape index (κ3) is 6.33. The summed E-state index contributed by atoms with van der Waals surface area (Å²) in [4.78, 5) is 21.8. The van der Waals surface area contributed by atoms with Gasteiger partial charge in [0.1, 0.15) is 6.61 Å². The van der Waals surface area contributed by atoms with Crippen LogP contribution in [0.4, 0.5) is 0 Å². The lowest BCUT2D eigenvalue weighted by Gasteiger charge is -2.16. The first-order chi connectivity index (χ1) is 7.49. The molecule has 0 bridgehead atoms. The zero-order chi connectivity index (χ0) is 12.6. The van der Waals surface area contributed by atoms with Crippen molar-refractivity contribution in [3.8, 4) is 0 Å². The summed E-state index contributed by atoms with van der Waals surface area (Å²) in [5.41, 5.74) is 0. The summed E-state index contributed by atoms with van der Waals surface area (Å²) in [6.07, 6.45) is -1.17. The van der Waals surface area contributed by atoms with Crippen LogP contribution in [0.3, 0.4) is 0 Å². The monoisotopic (exact) mass is 235 g/mol. The molecule has 94 valence electrons. The molecule has 0 aliphatic carbocycles. The molecular weight excluding hydrogens is 218 g/mol. The van der Waals surface area contributed by atoms with Crippen LogP contribution in [0.25, 0.3) is 0 Å². The van der Waals surface area contributed by atoms with Crippen LogP contribution in [0.15, 0.2) is 0 Å². The molecule has 0 fully saturated rings. The summed E-state index contributed by atoms with van der Waals surface area (Å²) >= 11 is 0. The van der Waals surface area contributed by atoms with Gasteiger partial charge in [-0.25, -0.2) is 4.79 Å². The lowest BCUT2D eigenvalue weighted by atomic mass is 10.2. The Bertz CT molecular complexity index is 230. The van der Waals surface area contributed by atoms with Gasteiger partial charge >= 0.3 is 5.97 Å². The molecule has 0 aliphatic heterocycles. The van der Waals surface area contributed by atoms with Crippen molar-refractivity contribution in [1.29, 1.82) is 0 Å². The molecule has 0 aromatic rings. The Hall–Kier alpha value is -1.18. The lowest BCUT2D eigenvalue weighted by Crippen LogP contribution is -2.48. The number of carbonyl (C=O) groups excluding carboxylic acids is 1. The predicted octanol–water partition coefficient (Wildman–Crippen LogP) is -1.40. The standard InChI is InChI=1S/C9H17NO6/c1-6(11)8(9(13)14)10-7(12)5-16-4-3-15-2/h6,8,11H,3-5H2,1-2H3,(H,10,12)(H,13,14)/t6-,8+/m1/s1. The molecule has 7 nitrogen and oxygen atoms in total. The van der Waals surface area contributed by atoms with Gasteiger partial charge in [0.2, 0.25) is 5.91 Å². The second kappa shape index (κ2) is 8.03. The number of nitrogens with one attached hydrogen (secondary N) is 1. The minimum absolute atomic E-state index is 0.246. The summed E-state index contributed by atoms with van der Waals surface area (Å²) in [5.74, 6) is -1.88. The van der Waals surface area contributed by atoms with Crippen LogP contribution in [-0.2, 0) is 19.1 Å². The van der Waals surface area contributed by atoms with Crippen LogP contribution < -0.4 is 5.32 Å². The Kier molecular flexibility index (Phi) is 7.44. The van der Waals surface area contributed by atoms with E-state index >= 15 is 0 Å². The van der Waals surface area contributed by atoms with E-state index in [1.165, 1.54) is 14.0 Å². The highest BCUT2D eigenvalue weighted by molar-refractivity contribution is 5.84. The molecule has 0 saturated heterocycles. The average Bonchev–Trinajstić information content (AvgIpc) is 2.20. The summed E-state index contributed by atoms with van der Waals surface area (Å²) < 4.78 is 9.57. The van der Waals surface area contributed by atoms with Gasteiger partial charge in [-0.3, -0.25) is 4.79 Å². The molecule has 2 atom stereocenters. The minimum atomic E-state index is -1.32. The quantitative estimate of drug-likeness (QED) is 0.447. The molecule has 7 heteroatoms. The smallest absolute Gasteiger partial charge is 0.328 e. The molecule has 0 spiro atoms. The van der Waals surface area contributed by atoms with Crippen molar-refractivity contribution < 1.29 is 29.3 Å². The Morgan fingerprint density at radius 3 is 2.44 bits per heavy atom. The van der Waals surface area contributed by atoms with E-state index < -0.39 is 24.0 Å². The van der Waals surface area contributed by atoms with Gasteiger partial charge in [-0.05, 0) is 6.92 Å². The number of amides is 1. The summed E-state index contributed by atoms with van der Waals surface area (Å²) in [7, 11) is 1.50. The molecule has 0 saturated carbocycles. The van der Waals surface area contributed by atoms with E-state index in [0.29, 0.717) is 6.61 Å². The first-order valence-corrected chi connectivity index (χ1v) is 4.76. The van der Waals surface area contributed by atoms with Crippen LogP contribution in [0, 0.1) is 0 Å². The van der Waals surface area contributed by atoms with Crippen molar-refractivity contribution in [2.75, 3.05) is 26.9 Å². The number of carboxylic acid groups (broad SMARTS) is 1. The first-order valence-electron chi connectivity index (χ1n) is 4.76. The van der Waals surface area contributed by atoms with Gasteiger partial charge in [-0.15, -0.1) is 0 Å². The van der Waals surface area contributed by atoms with Gasteiger partial charge in [0, 0.05) is 7.11 Å². The molecule has 3 N–H and O–H groups in total. The zero-order valence-electron chi connectivity index (χ0n) is 9.30. The normalized spacial score (nSPS) is 14.2. The van der Waals surface area contributed by atoms with Gasteiger partial charge in [0.05, 0.1) is 19.3 Å². The fourth-order valence-electron chi connectivity index (χ4n) is 0.911. The number of methoxy groups -OCH3 is 1. The van der Waals surface area contributed by atoms with Gasteiger partial charge in [0.25, 0.3) is 0 Å². The molecule has 0 rings (SSSR count). The molecule has 1 amide bonds. The van der Waals surface area contributed by atoms with E-state index in [4.69, 9.17) is 19.7 Å². The van der Waals surface area contributed by atoms with E-state index in [1.807, 2.05) is 0 Å². The number of aliphatic carboxylic acids is 1. The fourth-order valence-corrected chi connectivity index (χ4v) is 0.911. The number of carbonyl (C=O) groups is 2. The van der Waals surface area contributed by atoms with Crippen LogP contribution in [0.2, 0.25) is 0 Å². The van der Waals surface area contributed by atoms with Crippen molar-refractivity contribution in [2.45, 2.75) is 19.1 Å². The van der Waals surface area contributed by atoms with Crippen molar-refractivity contribution in [3.63, 3.8) is 0 Å². The van der Waals surface area contributed by atoms with E-state index in [0.717, 1.165) is 0 Å². The lowest BCUT2D eigenvalue weighted by molar-refractivity contribution is -0.145. The topological polar surface area (TPSA) is 105 Å². The molecule has 0 heterocycles. The van der Waals surface area contributed by atoms with Crippen molar-refractivity contribution in [3.05, 3.63) is 0 Å². The predicted molar refractivity (Wildman–Crippen MR) is 53.9 cm³/mol. The van der Waals surface area contributed by atoms with Crippen molar-refractivity contribution in [1.82, 2.24) is 5.32 Å². The van der Waals surface area contributed by atoms with E-state index in [1.54, 1.807) is 0 Å². The third-order valence-corrected chi connectivity index (χ3v) is 1.73. The summed E-state index contributed by atoms with van der Waals surface area (Å²) in [6, 6.07) is -1.32. The molecule has 0 unspecified atom stereocenters. The maximum absolute atomic E-state index is 11.2. The van der Waals surface area contributed by atoms with Gasteiger partial charge in [0.15, 0.2) is 6.04 Å². The SMILES string of the molecule is COCCOCC(=O)N[C@H](C(=O)O)[C@@H](C)O. The van der Waals surface area contributed by atoms with E-state index in [9.17, 15) is 9.59 Å². The Balaban J connectivity index is 3.87. The second-order valence-corrected chi connectivity index (χ2v) is 3.17. The number of rotatable bonds is 8. The fraction of sp³-hybridized carbons (Fsp3) is 0.778. The van der Waals surface area contributed by atoms with Gasteiger partial charge < -0.3 is 25.0 Å².